The van der Waals surface area contributed by atoms with Gasteiger partial charge in [0.25, 0.3) is 11.8 Å². The number of piperidine rings is 1. The number of hydrogen-bond acceptors (Lipinski definition) is 4. The van der Waals surface area contributed by atoms with Gasteiger partial charge in [0.1, 0.15) is 0 Å². The smallest absolute Gasteiger partial charge is 0.257 e. The first-order valence-electron chi connectivity index (χ1n) is 10.3. The molecule has 1 fully saturated rings. The summed E-state index contributed by atoms with van der Waals surface area (Å²) in [4.78, 5) is 27.1. The summed E-state index contributed by atoms with van der Waals surface area (Å²) in [6.07, 6.45) is 4.96. The highest BCUT2D eigenvalue weighted by molar-refractivity contribution is 6.01. The van der Waals surface area contributed by atoms with Crippen LogP contribution in [-0.4, -0.2) is 59.7 Å². The lowest BCUT2D eigenvalue weighted by Crippen LogP contribution is -2.35. The highest BCUT2D eigenvalue weighted by Gasteiger charge is 2.22. The molecule has 0 atom stereocenters. The molecule has 1 saturated heterocycles. The van der Waals surface area contributed by atoms with Crippen molar-refractivity contribution in [3.8, 4) is 11.3 Å². The number of nitrogens with one attached hydrogen (secondary N) is 1. The zero-order chi connectivity index (χ0) is 20.9. The maximum absolute atomic E-state index is 13.0. The van der Waals surface area contributed by atoms with Crippen molar-refractivity contribution in [2.24, 2.45) is 0 Å². The number of ether oxygens (including phenoxy) is 1. The van der Waals surface area contributed by atoms with Crippen LogP contribution in [0.25, 0.3) is 16.8 Å². The highest BCUT2D eigenvalue weighted by atomic mass is 16.5. The second kappa shape index (κ2) is 9.09. The van der Waals surface area contributed by atoms with Gasteiger partial charge in [0.05, 0.1) is 29.6 Å². The number of methoxy groups -OCH3 is 1. The van der Waals surface area contributed by atoms with Crippen LogP contribution in [-0.2, 0) is 4.74 Å². The number of hydrogen-bond donors (Lipinski definition) is 1. The molecule has 156 valence electrons. The molecule has 7 nitrogen and oxygen atoms in total. The summed E-state index contributed by atoms with van der Waals surface area (Å²) in [5, 5.41) is 7.31. The molecule has 2 amide bonds. The lowest BCUT2D eigenvalue weighted by Gasteiger charge is -2.26. The van der Waals surface area contributed by atoms with E-state index in [4.69, 9.17) is 4.74 Å². The molecule has 3 aromatic rings. The molecule has 0 bridgehead atoms. The second-order valence-electron chi connectivity index (χ2n) is 7.45. The molecule has 30 heavy (non-hydrogen) atoms. The number of amides is 2. The standard InChI is InChI=1S/C23H26N4O3/c1-30-15-12-24-22(28)18-10-8-17(9-11-18)20-6-5-7-21-19(16-25-27(20)21)23(29)26-13-3-2-4-14-26/h5-11,16H,2-4,12-15H2,1H3,(H,24,28). The van der Waals surface area contributed by atoms with E-state index in [-0.39, 0.29) is 11.8 Å². The van der Waals surface area contributed by atoms with E-state index in [1.807, 2.05) is 35.2 Å². The predicted molar refractivity (Wildman–Crippen MR) is 115 cm³/mol. The van der Waals surface area contributed by atoms with Crippen molar-refractivity contribution in [3.05, 3.63) is 59.8 Å². The molecule has 0 aliphatic carbocycles. The van der Waals surface area contributed by atoms with E-state index in [0.29, 0.717) is 24.3 Å². The van der Waals surface area contributed by atoms with Crippen molar-refractivity contribution in [2.45, 2.75) is 19.3 Å². The van der Waals surface area contributed by atoms with E-state index in [9.17, 15) is 9.59 Å². The first kappa shape index (κ1) is 20.1. The van der Waals surface area contributed by atoms with Gasteiger partial charge >= 0.3 is 0 Å². The van der Waals surface area contributed by atoms with Gasteiger partial charge in [0, 0.05) is 37.9 Å². The maximum atomic E-state index is 13.0. The number of rotatable bonds is 6. The summed E-state index contributed by atoms with van der Waals surface area (Å²) < 4.78 is 6.75. The Bertz CT molecular complexity index is 1040. The zero-order valence-corrected chi connectivity index (χ0v) is 17.1. The minimum absolute atomic E-state index is 0.0462. The topological polar surface area (TPSA) is 75.9 Å². The van der Waals surface area contributed by atoms with Crippen molar-refractivity contribution < 1.29 is 14.3 Å². The van der Waals surface area contributed by atoms with Crippen LogP contribution in [0.1, 0.15) is 40.0 Å². The molecule has 7 heteroatoms. The Balaban J connectivity index is 1.58. The summed E-state index contributed by atoms with van der Waals surface area (Å²) >= 11 is 0. The zero-order valence-electron chi connectivity index (χ0n) is 17.1. The quantitative estimate of drug-likeness (QED) is 0.639. The third-order valence-electron chi connectivity index (χ3n) is 5.45. The number of carbonyl (C=O) groups is 2. The van der Waals surface area contributed by atoms with Gasteiger partial charge < -0.3 is 15.0 Å². The predicted octanol–water partition coefficient (Wildman–Crippen LogP) is 3.00. The van der Waals surface area contributed by atoms with Crippen LogP contribution in [0.3, 0.4) is 0 Å². The maximum Gasteiger partial charge on any atom is 0.257 e. The van der Waals surface area contributed by atoms with Crippen molar-refractivity contribution >= 4 is 17.3 Å². The average molecular weight is 406 g/mol. The normalized spacial score (nSPS) is 14.1. The number of benzene rings is 1. The van der Waals surface area contributed by atoms with E-state index in [1.165, 1.54) is 6.42 Å². The van der Waals surface area contributed by atoms with E-state index >= 15 is 0 Å². The Morgan fingerprint density at radius 1 is 1.07 bits per heavy atom. The third kappa shape index (κ3) is 4.07. The van der Waals surface area contributed by atoms with E-state index in [0.717, 1.165) is 42.7 Å². The largest absolute Gasteiger partial charge is 0.383 e. The summed E-state index contributed by atoms with van der Waals surface area (Å²) in [7, 11) is 1.60. The van der Waals surface area contributed by atoms with Gasteiger partial charge in [-0.15, -0.1) is 0 Å². The number of likely N-dealkylation sites (tertiary alicyclic amines) is 1. The van der Waals surface area contributed by atoms with Crippen LogP contribution in [0.5, 0.6) is 0 Å². The van der Waals surface area contributed by atoms with E-state index in [1.54, 1.807) is 30.0 Å². The molecular formula is C23H26N4O3. The Labute approximate surface area is 175 Å². The SMILES string of the molecule is COCCNC(=O)c1ccc(-c2cccc3c(C(=O)N4CCCCC4)cnn23)cc1. The Hall–Kier alpha value is -3.19. The summed E-state index contributed by atoms with van der Waals surface area (Å²) in [5.74, 6) is -0.0877. The highest BCUT2D eigenvalue weighted by Crippen LogP contribution is 2.24. The lowest BCUT2D eigenvalue weighted by molar-refractivity contribution is 0.0726. The van der Waals surface area contributed by atoms with Gasteiger partial charge in [-0.2, -0.15) is 5.10 Å². The van der Waals surface area contributed by atoms with Crippen LogP contribution in [0, 0.1) is 0 Å². The Morgan fingerprint density at radius 2 is 1.83 bits per heavy atom. The van der Waals surface area contributed by atoms with Crippen LogP contribution < -0.4 is 5.32 Å². The minimum Gasteiger partial charge on any atom is -0.383 e. The second-order valence-corrected chi connectivity index (χ2v) is 7.45. The molecule has 4 rings (SSSR count). The van der Waals surface area contributed by atoms with Crippen LogP contribution in [0.15, 0.2) is 48.7 Å². The molecule has 1 aliphatic rings. The first-order chi connectivity index (χ1) is 14.7. The van der Waals surface area contributed by atoms with Gasteiger partial charge in [-0.25, -0.2) is 4.52 Å². The molecule has 1 N–H and O–H groups in total. The fourth-order valence-electron chi connectivity index (χ4n) is 3.82. The molecule has 0 radical (unpaired) electrons. The summed E-state index contributed by atoms with van der Waals surface area (Å²) in [6.45, 7) is 2.56. The molecule has 0 unspecified atom stereocenters. The monoisotopic (exact) mass is 406 g/mol. The van der Waals surface area contributed by atoms with Gasteiger partial charge in [0.15, 0.2) is 0 Å². The fourth-order valence-corrected chi connectivity index (χ4v) is 3.82. The molecule has 1 aromatic carbocycles. The van der Waals surface area contributed by atoms with Gasteiger partial charge in [-0.1, -0.05) is 18.2 Å². The molecule has 0 spiro atoms. The third-order valence-corrected chi connectivity index (χ3v) is 5.45. The number of fused-ring (bicyclic) bond motifs is 1. The van der Waals surface area contributed by atoms with Crippen molar-refractivity contribution in [3.63, 3.8) is 0 Å². The van der Waals surface area contributed by atoms with Gasteiger partial charge in [-0.3, -0.25) is 9.59 Å². The van der Waals surface area contributed by atoms with E-state index in [2.05, 4.69) is 10.4 Å². The van der Waals surface area contributed by atoms with E-state index < -0.39 is 0 Å². The molecule has 1 aliphatic heterocycles. The Kier molecular flexibility index (Phi) is 6.09. The van der Waals surface area contributed by atoms with Gasteiger partial charge in [0.2, 0.25) is 0 Å². The number of pyridine rings is 1. The van der Waals surface area contributed by atoms with Crippen molar-refractivity contribution in [1.82, 2.24) is 19.8 Å². The summed E-state index contributed by atoms with van der Waals surface area (Å²) in [6, 6.07) is 13.2. The van der Waals surface area contributed by atoms with Crippen LogP contribution in [0.4, 0.5) is 0 Å². The van der Waals surface area contributed by atoms with Gasteiger partial charge in [-0.05, 0) is 43.5 Å². The summed E-state index contributed by atoms with van der Waals surface area (Å²) in [5.41, 5.74) is 3.81. The average Bonchev–Trinajstić information content (AvgIpc) is 3.23. The molecular weight excluding hydrogens is 380 g/mol. The van der Waals surface area contributed by atoms with Crippen LogP contribution >= 0.6 is 0 Å². The minimum atomic E-state index is -0.134. The number of aromatic nitrogens is 2. The number of nitrogens with zero attached hydrogens (tertiary/aromatic N) is 3. The van der Waals surface area contributed by atoms with Crippen molar-refractivity contribution in [1.29, 1.82) is 0 Å². The fraction of sp³-hybridized carbons (Fsp3) is 0.348. The molecule has 3 heterocycles. The Morgan fingerprint density at radius 3 is 2.57 bits per heavy atom. The molecule has 2 aromatic heterocycles. The first-order valence-corrected chi connectivity index (χ1v) is 10.3. The van der Waals surface area contributed by atoms with Crippen molar-refractivity contribution in [2.75, 3.05) is 33.4 Å². The number of carbonyl (C=O) groups excluding carboxylic acids is 2. The van der Waals surface area contributed by atoms with Crippen LogP contribution in [0.2, 0.25) is 0 Å². The lowest BCUT2D eigenvalue weighted by atomic mass is 10.1. The molecule has 0 saturated carbocycles.